The molecule has 8 heteroatoms. The van der Waals surface area contributed by atoms with E-state index in [1.807, 2.05) is 32.0 Å². The number of amides is 2. The van der Waals surface area contributed by atoms with Gasteiger partial charge in [0.15, 0.2) is 5.76 Å². The van der Waals surface area contributed by atoms with Crippen molar-refractivity contribution in [3.63, 3.8) is 0 Å². The van der Waals surface area contributed by atoms with Gasteiger partial charge in [0, 0.05) is 11.3 Å². The van der Waals surface area contributed by atoms with Crippen molar-refractivity contribution in [2.45, 2.75) is 20.5 Å². The van der Waals surface area contributed by atoms with Gasteiger partial charge in [0.1, 0.15) is 24.7 Å². The quantitative estimate of drug-likeness (QED) is 0.522. The maximum absolute atomic E-state index is 12.5. The zero-order valence-electron chi connectivity index (χ0n) is 18.1. The summed E-state index contributed by atoms with van der Waals surface area (Å²) in [6.45, 7) is 3.92. The summed E-state index contributed by atoms with van der Waals surface area (Å²) in [6, 6.07) is 15.5. The molecule has 0 saturated heterocycles. The van der Waals surface area contributed by atoms with Gasteiger partial charge in [-0.05, 0) is 55.8 Å². The van der Waals surface area contributed by atoms with Crippen molar-refractivity contribution >= 4 is 23.5 Å². The summed E-state index contributed by atoms with van der Waals surface area (Å²) in [5.41, 5.74) is 2.86. The third-order valence-electron chi connectivity index (χ3n) is 4.59. The lowest BCUT2D eigenvalue weighted by Crippen LogP contribution is -2.30. The molecule has 0 fully saturated rings. The molecule has 0 saturated carbocycles. The Balaban J connectivity index is 1.59. The molecule has 0 aliphatic carbocycles. The normalized spacial score (nSPS) is 10.3. The summed E-state index contributed by atoms with van der Waals surface area (Å²) in [7, 11) is 1.24. The van der Waals surface area contributed by atoms with Crippen LogP contribution < -0.4 is 15.4 Å². The zero-order chi connectivity index (χ0) is 23.1. The molecule has 0 bridgehead atoms. The van der Waals surface area contributed by atoms with Crippen molar-refractivity contribution < 1.29 is 28.3 Å². The van der Waals surface area contributed by atoms with Crippen LogP contribution in [0.1, 0.15) is 37.8 Å². The molecule has 2 amide bonds. The van der Waals surface area contributed by atoms with Gasteiger partial charge in [0.05, 0.1) is 7.11 Å². The van der Waals surface area contributed by atoms with Crippen molar-refractivity contribution in [3.8, 4) is 5.75 Å². The molecule has 8 nitrogen and oxygen atoms in total. The Morgan fingerprint density at radius 2 is 1.78 bits per heavy atom. The minimum Gasteiger partial charge on any atom is -0.485 e. The predicted octanol–water partition coefficient (Wildman–Crippen LogP) is 3.63. The Hall–Kier alpha value is -4.07. The third kappa shape index (κ3) is 5.98. The van der Waals surface area contributed by atoms with Crippen LogP contribution in [-0.2, 0) is 16.1 Å². The molecule has 1 aromatic heterocycles. The lowest BCUT2D eigenvalue weighted by atomic mass is 10.1. The van der Waals surface area contributed by atoms with Crippen LogP contribution in [0.2, 0.25) is 0 Å². The van der Waals surface area contributed by atoms with Crippen molar-refractivity contribution in [2.75, 3.05) is 19.0 Å². The molecular weight excluding hydrogens is 412 g/mol. The number of nitrogens with one attached hydrogen (secondary N) is 2. The first-order chi connectivity index (χ1) is 15.4. The fourth-order valence-electron chi connectivity index (χ4n) is 2.95. The highest BCUT2D eigenvalue weighted by Crippen LogP contribution is 2.21. The van der Waals surface area contributed by atoms with Gasteiger partial charge in [0.2, 0.25) is 0 Å². The number of methoxy groups -OCH3 is 1. The molecule has 2 N–H and O–H groups in total. The van der Waals surface area contributed by atoms with E-state index in [1.165, 1.54) is 13.2 Å². The van der Waals surface area contributed by atoms with Crippen LogP contribution in [0.4, 0.5) is 5.69 Å². The van der Waals surface area contributed by atoms with Crippen molar-refractivity contribution in [1.82, 2.24) is 5.32 Å². The average molecular weight is 436 g/mol. The van der Waals surface area contributed by atoms with Gasteiger partial charge in [-0.1, -0.05) is 23.8 Å². The summed E-state index contributed by atoms with van der Waals surface area (Å²) in [5, 5.41) is 5.13. The molecule has 0 radical (unpaired) electrons. The van der Waals surface area contributed by atoms with E-state index in [9.17, 15) is 14.4 Å². The number of anilines is 1. The largest absolute Gasteiger partial charge is 0.485 e. The number of hydrogen-bond acceptors (Lipinski definition) is 6. The van der Waals surface area contributed by atoms with E-state index in [4.69, 9.17) is 9.15 Å². The second kappa shape index (κ2) is 10.3. The SMILES string of the molecule is COC(=O)CNC(=O)c1cccc(NC(=O)c2ccc(COc3ccc(C)cc3C)o2)c1. The number of benzene rings is 2. The number of carbonyl (C=O) groups excluding carboxylic acids is 3. The van der Waals surface area contributed by atoms with Crippen LogP contribution in [-0.4, -0.2) is 31.4 Å². The van der Waals surface area contributed by atoms with E-state index in [1.54, 1.807) is 30.3 Å². The molecule has 3 rings (SSSR count). The van der Waals surface area contributed by atoms with Crippen LogP contribution in [0.15, 0.2) is 59.0 Å². The lowest BCUT2D eigenvalue weighted by molar-refractivity contribution is -0.139. The second-order valence-electron chi connectivity index (χ2n) is 7.12. The van der Waals surface area contributed by atoms with Crippen LogP contribution in [0.25, 0.3) is 0 Å². The van der Waals surface area contributed by atoms with Gasteiger partial charge in [0.25, 0.3) is 11.8 Å². The van der Waals surface area contributed by atoms with Gasteiger partial charge in [-0.25, -0.2) is 0 Å². The van der Waals surface area contributed by atoms with E-state index >= 15 is 0 Å². The maximum atomic E-state index is 12.5. The van der Waals surface area contributed by atoms with Gasteiger partial charge in [-0.15, -0.1) is 0 Å². The molecule has 0 aliphatic rings. The zero-order valence-corrected chi connectivity index (χ0v) is 18.1. The van der Waals surface area contributed by atoms with E-state index in [0.29, 0.717) is 11.4 Å². The number of furan rings is 1. The number of esters is 1. The van der Waals surface area contributed by atoms with Crippen LogP contribution >= 0.6 is 0 Å². The topological polar surface area (TPSA) is 107 Å². The van der Waals surface area contributed by atoms with E-state index in [2.05, 4.69) is 15.4 Å². The monoisotopic (exact) mass is 436 g/mol. The predicted molar refractivity (Wildman–Crippen MR) is 118 cm³/mol. The van der Waals surface area contributed by atoms with E-state index in [-0.39, 0.29) is 24.5 Å². The van der Waals surface area contributed by atoms with Crippen LogP contribution in [0.3, 0.4) is 0 Å². The molecule has 166 valence electrons. The van der Waals surface area contributed by atoms with E-state index < -0.39 is 17.8 Å². The Kier molecular flexibility index (Phi) is 7.28. The summed E-state index contributed by atoms with van der Waals surface area (Å²) < 4.78 is 15.9. The highest BCUT2D eigenvalue weighted by molar-refractivity contribution is 6.03. The summed E-state index contributed by atoms with van der Waals surface area (Å²) >= 11 is 0. The molecule has 2 aromatic carbocycles. The molecule has 0 aliphatic heterocycles. The van der Waals surface area contributed by atoms with Gasteiger partial charge in [-0.3, -0.25) is 14.4 Å². The molecule has 0 spiro atoms. The number of hydrogen-bond donors (Lipinski definition) is 2. The highest BCUT2D eigenvalue weighted by atomic mass is 16.5. The Labute approximate surface area is 185 Å². The van der Waals surface area contributed by atoms with E-state index in [0.717, 1.165) is 16.9 Å². The minimum absolute atomic E-state index is 0.116. The first kappa shape index (κ1) is 22.6. The summed E-state index contributed by atoms with van der Waals surface area (Å²) in [5.74, 6) is -0.112. The van der Waals surface area contributed by atoms with Gasteiger partial charge in [-0.2, -0.15) is 0 Å². The molecule has 3 aromatic rings. The van der Waals surface area contributed by atoms with Crippen LogP contribution in [0, 0.1) is 13.8 Å². The molecule has 1 heterocycles. The molecular formula is C24H24N2O6. The maximum Gasteiger partial charge on any atom is 0.325 e. The lowest BCUT2D eigenvalue weighted by Gasteiger charge is -2.08. The fraction of sp³-hybridized carbons (Fsp3) is 0.208. The number of aryl methyl sites for hydroxylation is 2. The van der Waals surface area contributed by atoms with Crippen LogP contribution in [0.5, 0.6) is 5.75 Å². The molecule has 0 atom stereocenters. The van der Waals surface area contributed by atoms with Crippen molar-refractivity contribution in [1.29, 1.82) is 0 Å². The first-order valence-corrected chi connectivity index (χ1v) is 9.91. The minimum atomic E-state index is -0.557. The number of carbonyl (C=O) groups is 3. The van der Waals surface area contributed by atoms with Crippen molar-refractivity contribution in [2.24, 2.45) is 0 Å². The fourth-order valence-corrected chi connectivity index (χ4v) is 2.95. The molecule has 0 unspecified atom stereocenters. The highest BCUT2D eigenvalue weighted by Gasteiger charge is 2.14. The number of rotatable bonds is 8. The van der Waals surface area contributed by atoms with Gasteiger partial charge < -0.3 is 24.5 Å². The smallest absolute Gasteiger partial charge is 0.325 e. The van der Waals surface area contributed by atoms with Gasteiger partial charge >= 0.3 is 5.97 Å². The first-order valence-electron chi connectivity index (χ1n) is 9.91. The average Bonchev–Trinajstić information content (AvgIpc) is 3.26. The summed E-state index contributed by atoms with van der Waals surface area (Å²) in [4.78, 5) is 35.8. The number of ether oxygens (including phenoxy) is 2. The Bertz CT molecular complexity index is 1140. The standard InChI is InChI=1S/C24H24N2O6/c1-15-7-9-20(16(2)11-15)31-14-19-8-10-21(32-19)24(29)26-18-6-4-5-17(12-18)23(28)25-13-22(27)30-3/h4-12H,13-14H2,1-3H3,(H,25,28)(H,26,29). The summed E-state index contributed by atoms with van der Waals surface area (Å²) in [6.07, 6.45) is 0. The second-order valence-corrected chi connectivity index (χ2v) is 7.12. The molecule has 32 heavy (non-hydrogen) atoms. The third-order valence-corrected chi connectivity index (χ3v) is 4.59. The Morgan fingerprint density at radius 1 is 0.969 bits per heavy atom. The van der Waals surface area contributed by atoms with Crippen molar-refractivity contribution in [3.05, 3.63) is 82.8 Å². The Morgan fingerprint density at radius 3 is 2.53 bits per heavy atom.